The minimum atomic E-state index is -0.491. The fourth-order valence-electron chi connectivity index (χ4n) is 4.97. The Labute approximate surface area is 229 Å². The molecule has 6 heteroatoms. The normalized spacial score (nSPS) is 12.1. The molecule has 6 nitrogen and oxygen atoms in total. The van der Waals surface area contributed by atoms with Gasteiger partial charge in [0.15, 0.2) is 0 Å². The molecule has 0 heterocycles. The number of rotatable bonds is 8. The number of phenolic OH excluding ortho intramolecular Hbond substituents is 2. The van der Waals surface area contributed by atoms with Crippen LogP contribution in [0.4, 0.5) is 0 Å². The predicted molar refractivity (Wildman–Crippen MR) is 151 cm³/mol. The molecule has 0 aromatic heterocycles. The number of benzene rings is 4. The van der Waals surface area contributed by atoms with Gasteiger partial charge in [-0.1, -0.05) is 64.1 Å². The minimum absolute atomic E-state index is 0.0432. The first kappa shape index (κ1) is 28.0. The first-order valence-corrected chi connectivity index (χ1v) is 12.9. The van der Waals surface area contributed by atoms with Crippen molar-refractivity contribution in [2.75, 3.05) is 0 Å². The van der Waals surface area contributed by atoms with Gasteiger partial charge in [0.05, 0.1) is 13.2 Å². The van der Waals surface area contributed by atoms with E-state index in [1.165, 1.54) is 0 Å². The Morgan fingerprint density at radius 1 is 0.436 bits per heavy atom. The maximum Gasteiger partial charge on any atom is 0.121 e. The van der Waals surface area contributed by atoms with Gasteiger partial charge in [0.2, 0.25) is 0 Å². The standard InChI is InChI=1S/C33H36O6/c1-32(2,26-7-11-30(38)22(16-26)18-34)24-5-9-28(36)20(14-24)13-21-15-25(6-10-29(21)37)33(3,4)27-8-12-31(39)23(17-27)19-35/h5-12,14-17,34-39H,13,18-19H2,1-4H3. The van der Waals surface area contributed by atoms with Gasteiger partial charge in [0.1, 0.15) is 23.0 Å². The number of aliphatic hydroxyl groups is 2. The summed E-state index contributed by atoms with van der Waals surface area (Å²) in [7, 11) is 0. The Kier molecular flexibility index (Phi) is 7.64. The van der Waals surface area contributed by atoms with Crippen molar-refractivity contribution in [3.05, 3.63) is 117 Å². The van der Waals surface area contributed by atoms with Crippen LogP contribution in [0.1, 0.15) is 72.2 Å². The van der Waals surface area contributed by atoms with Crippen molar-refractivity contribution < 1.29 is 30.6 Å². The topological polar surface area (TPSA) is 121 Å². The number of hydrogen-bond donors (Lipinski definition) is 6. The molecule has 0 amide bonds. The Hall–Kier alpha value is -4.00. The maximum atomic E-state index is 10.7. The molecule has 6 N–H and O–H groups in total. The van der Waals surface area contributed by atoms with Crippen LogP contribution in [0.25, 0.3) is 0 Å². The molecule has 39 heavy (non-hydrogen) atoms. The Balaban J connectivity index is 1.70. The van der Waals surface area contributed by atoms with E-state index >= 15 is 0 Å². The number of hydrogen-bond acceptors (Lipinski definition) is 6. The maximum absolute atomic E-state index is 10.7. The molecule has 0 aliphatic rings. The van der Waals surface area contributed by atoms with Crippen LogP contribution in [-0.2, 0) is 30.5 Å². The van der Waals surface area contributed by atoms with Crippen molar-refractivity contribution in [3.63, 3.8) is 0 Å². The van der Waals surface area contributed by atoms with Crippen molar-refractivity contribution >= 4 is 0 Å². The first-order chi connectivity index (χ1) is 18.4. The fraction of sp³-hybridized carbons (Fsp3) is 0.273. The zero-order valence-electron chi connectivity index (χ0n) is 22.7. The highest BCUT2D eigenvalue weighted by Crippen LogP contribution is 2.39. The van der Waals surface area contributed by atoms with Gasteiger partial charge in [-0.25, -0.2) is 0 Å². The largest absolute Gasteiger partial charge is 0.508 e. The molecule has 0 aliphatic heterocycles. The lowest BCUT2D eigenvalue weighted by molar-refractivity contribution is 0.275. The lowest BCUT2D eigenvalue weighted by Gasteiger charge is -2.28. The molecule has 0 bridgehead atoms. The van der Waals surface area contributed by atoms with Gasteiger partial charge >= 0.3 is 0 Å². The van der Waals surface area contributed by atoms with Gasteiger partial charge < -0.3 is 30.6 Å². The summed E-state index contributed by atoms with van der Waals surface area (Å²) in [6.45, 7) is 7.61. The van der Waals surface area contributed by atoms with E-state index in [-0.39, 0.29) is 36.2 Å². The molecule has 0 unspecified atom stereocenters. The molecule has 0 radical (unpaired) electrons. The van der Waals surface area contributed by atoms with Crippen molar-refractivity contribution in [2.45, 2.75) is 58.2 Å². The van der Waals surface area contributed by atoms with Gasteiger partial charge in [-0.05, 0) is 69.8 Å². The Bertz CT molecular complexity index is 1390. The SMILES string of the molecule is CC(C)(c1ccc(O)c(CO)c1)c1ccc(O)c(Cc2cc(C(C)(C)c3ccc(O)c(CO)c3)ccc2O)c1. The van der Waals surface area contributed by atoms with Crippen LogP contribution < -0.4 is 0 Å². The average Bonchev–Trinajstić information content (AvgIpc) is 2.91. The van der Waals surface area contributed by atoms with Gasteiger partial charge in [0, 0.05) is 28.4 Å². The summed E-state index contributed by atoms with van der Waals surface area (Å²) in [5.41, 5.74) is 4.89. The molecule has 4 aromatic rings. The summed E-state index contributed by atoms with van der Waals surface area (Å²) in [4.78, 5) is 0. The lowest BCUT2D eigenvalue weighted by Crippen LogP contribution is -2.20. The summed E-state index contributed by atoms with van der Waals surface area (Å²) in [5.74, 6) is 0.321. The average molecular weight is 529 g/mol. The highest BCUT2D eigenvalue weighted by atomic mass is 16.3. The predicted octanol–water partition coefficient (Wildman–Crippen LogP) is 5.74. The highest BCUT2D eigenvalue weighted by Gasteiger charge is 2.27. The van der Waals surface area contributed by atoms with Crippen LogP contribution >= 0.6 is 0 Å². The van der Waals surface area contributed by atoms with E-state index < -0.39 is 10.8 Å². The van der Waals surface area contributed by atoms with Crippen LogP contribution in [0, 0.1) is 0 Å². The Morgan fingerprint density at radius 3 is 0.974 bits per heavy atom. The molecule has 0 spiro atoms. The zero-order chi connectivity index (χ0) is 28.5. The number of aromatic hydroxyl groups is 4. The van der Waals surface area contributed by atoms with Crippen LogP contribution in [0.3, 0.4) is 0 Å². The molecule has 0 saturated heterocycles. The third kappa shape index (κ3) is 5.44. The number of phenols is 4. The molecule has 4 aromatic carbocycles. The minimum Gasteiger partial charge on any atom is -0.508 e. The van der Waals surface area contributed by atoms with Gasteiger partial charge in [0.25, 0.3) is 0 Å². The van der Waals surface area contributed by atoms with E-state index in [1.54, 1.807) is 36.4 Å². The second-order valence-corrected chi connectivity index (χ2v) is 11.1. The van der Waals surface area contributed by atoms with Crippen molar-refractivity contribution in [3.8, 4) is 23.0 Å². The summed E-state index contributed by atoms with van der Waals surface area (Å²) < 4.78 is 0. The fourth-order valence-corrected chi connectivity index (χ4v) is 4.97. The van der Waals surface area contributed by atoms with Crippen LogP contribution in [0.15, 0.2) is 72.8 Å². The van der Waals surface area contributed by atoms with Crippen molar-refractivity contribution in [1.82, 2.24) is 0 Å². The summed E-state index contributed by atoms with van der Waals surface area (Å²) in [5, 5.41) is 60.7. The molecule has 0 aliphatic carbocycles. The quantitative estimate of drug-likeness (QED) is 0.174. The van der Waals surface area contributed by atoms with E-state index in [9.17, 15) is 30.6 Å². The van der Waals surface area contributed by atoms with E-state index in [0.29, 0.717) is 28.7 Å². The second kappa shape index (κ2) is 10.6. The van der Waals surface area contributed by atoms with E-state index in [2.05, 4.69) is 0 Å². The third-order valence-electron chi connectivity index (χ3n) is 7.93. The summed E-state index contributed by atoms with van der Waals surface area (Å²) in [6.07, 6.45) is 0.292. The molecule has 4 rings (SSSR count). The van der Waals surface area contributed by atoms with E-state index in [0.717, 1.165) is 22.3 Å². The van der Waals surface area contributed by atoms with Gasteiger partial charge in [-0.15, -0.1) is 0 Å². The van der Waals surface area contributed by atoms with Crippen LogP contribution in [-0.4, -0.2) is 30.6 Å². The van der Waals surface area contributed by atoms with Crippen molar-refractivity contribution in [2.24, 2.45) is 0 Å². The molecule has 0 saturated carbocycles. The molecule has 204 valence electrons. The summed E-state index contributed by atoms with van der Waals surface area (Å²) in [6, 6.07) is 21.2. The third-order valence-corrected chi connectivity index (χ3v) is 7.93. The Morgan fingerprint density at radius 2 is 0.692 bits per heavy atom. The first-order valence-electron chi connectivity index (χ1n) is 12.9. The highest BCUT2D eigenvalue weighted by molar-refractivity contribution is 5.51. The monoisotopic (exact) mass is 528 g/mol. The number of aliphatic hydroxyl groups excluding tert-OH is 2. The van der Waals surface area contributed by atoms with Gasteiger partial charge in [-0.2, -0.15) is 0 Å². The van der Waals surface area contributed by atoms with E-state index in [1.807, 2.05) is 64.1 Å². The van der Waals surface area contributed by atoms with Crippen LogP contribution in [0.5, 0.6) is 23.0 Å². The lowest BCUT2D eigenvalue weighted by atomic mass is 9.76. The van der Waals surface area contributed by atoms with Crippen LogP contribution in [0.2, 0.25) is 0 Å². The van der Waals surface area contributed by atoms with Crippen molar-refractivity contribution in [1.29, 1.82) is 0 Å². The van der Waals surface area contributed by atoms with E-state index in [4.69, 9.17) is 0 Å². The molecule has 0 fully saturated rings. The summed E-state index contributed by atoms with van der Waals surface area (Å²) >= 11 is 0. The molecular weight excluding hydrogens is 492 g/mol. The van der Waals surface area contributed by atoms with Gasteiger partial charge in [-0.3, -0.25) is 0 Å². The molecular formula is C33H36O6. The smallest absolute Gasteiger partial charge is 0.121 e. The molecule has 0 atom stereocenters. The second-order valence-electron chi connectivity index (χ2n) is 11.1. The zero-order valence-corrected chi connectivity index (χ0v) is 22.7.